The van der Waals surface area contributed by atoms with Crippen LogP contribution in [0.25, 0.3) is 0 Å². The van der Waals surface area contributed by atoms with Gasteiger partial charge in [0, 0.05) is 25.0 Å². The smallest absolute Gasteiger partial charge is 0.126 e. The number of methoxy groups -OCH3 is 1. The highest BCUT2D eigenvalue weighted by Gasteiger charge is 2.32. The quantitative estimate of drug-likeness (QED) is 0.927. The molecule has 0 aliphatic carbocycles. The standard InChI is InChI=1S/C16H23ClO3/c1-16(2,3)15(19-4)13(18)9-11-8-12(17)7-10-5-6-20-14(10)11/h7-8,13,15,18H,5-6,9H2,1-4H3. The average molecular weight is 299 g/mol. The van der Waals surface area contributed by atoms with Crippen LogP contribution in [0.3, 0.4) is 0 Å². The van der Waals surface area contributed by atoms with E-state index in [1.54, 1.807) is 7.11 Å². The van der Waals surface area contributed by atoms with Gasteiger partial charge >= 0.3 is 0 Å². The third-order valence-corrected chi connectivity index (χ3v) is 3.93. The van der Waals surface area contributed by atoms with Crippen LogP contribution in [0.15, 0.2) is 12.1 Å². The van der Waals surface area contributed by atoms with E-state index in [1.807, 2.05) is 12.1 Å². The monoisotopic (exact) mass is 298 g/mol. The Kier molecular flexibility index (Phi) is 4.62. The molecule has 0 radical (unpaired) electrons. The maximum atomic E-state index is 10.5. The van der Waals surface area contributed by atoms with E-state index in [-0.39, 0.29) is 11.5 Å². The fraction of sp³-hybridized carbons (Fsp3) is 0.625. The number of halogens is 1. The molecule has 1 N–H and O–H groups in total. The van der Waals surface area contributed by atoms with Crippen molar-refractivity contribution in [2.24, 2.45) is 5.41 Å². The van der Waals surface area contributed by atoms with Crippen LogP contribution in [0.5, 0.6) is 5.75 Å². The first-order valence-corrected chi connectivity index (χ1v) is 7.35. The molecule has 0 bridgehead atoms. The lowest BCUT2D eigenvalue weighted by atomic mass is 9.83. The molecule has 3 nitrogen and oxygen atoms in total. The fourth-order valence-corrected chi connectivity index (χ4v) is 3.18. The van der Waals surface area contributed by atoms with Crippen LogP contribution in [0.1, 0.15) is 31.9 Å². The number of aliphatic hydroxyl groups excluding tert-OH is 1. The van der Waals surface area contributed by atoms with Crippen LogP contribution in [0, 0.1) is 5.41 Å². The molecule has 0 aromatic heterocycles. The molecule has 0 saturated heterocycles. The summed E-state index contributed by atoms with van der Waals surface area (Å²) in [5, 5.41) is 11.2. The summed E-state index contributed by atoms with van der Waals surface area (Å²) in [6.07, 6.45) is 0.537. The van der Waals surface area contributed by atoms with Crippen molar-refractivity contribution in [3.8, 4) is 5.75 Å². The second-order valence-electron chi connectivity index (χ2n) is 6.45. The zero-order chi connectivity index (χ0) is 14.9. The number of benzene rings is 1. The van der Waals surface area contributed by atoms with Crippen molar-refractivity contribution >= 4 is 11.6 Å². The number of rotatable bonds is 4. The van der Waals surface area contributed by atoms with E-state index in [9.17, 15) is 5.11 Å². The Bertz CT molecular complexity index is 479. The first-order valence-electron chi connectivity index (χ1n) is 6.98. The Labute approximate surface area is 125 Å². The molecule has 0 spiro atoms. The number of hydrogen-bond donors (Lipinski definition) is 1. The molecule has 1 aliphatic heterocycles. The van der Waals surface area contributed by atoms with Crippen molar-refractivity contribution in [1.82, 2.24) is 0 Å². The van der Waals surface area contributed by atoms with Gasteiger partial charge in [-0.15, -0.1) is 0 Å². The summed E-state index contributed by atoms with van der Waals surface area (Å²) >= 11 is 6.15. The first kappa shape index (κ1) is 15.6. The number of aliphatic hydroxyl groups is 1. The Morgan fingerprint density at radius 2 is 2.10 bits per heavy atom. The van der Waals surface area contributed by atoms with Crippen LogP contribution in [0.4, 0.5) is 0 Å². The van der Waals surface area contributed by atoms with Gasteiger partial charge in [0.1, 0.15) is 5.75 Å². The summed E-state index contributed by atoms with van der Waals surface area (Å²) in [4.78, 5) is 0. The number of ether oxygens (including phenoxy) is 2. The normalized spacial score (nSPS) is 17.5. The fourth-order valence-electron chi connectivity index (χ4n) is 2.92. The van der Waals surface area contributed by atoms with Crippen molar-refractivity contribution in [3.63, 3.8) is 0 Å². The highest BCUT2D eigenvalue weighted by molar-refractivity contribution is 6.30. The summed E-state index contributed by atoms with van der Waals surface area (Å²) < 4.78 is 11.1. The van der Waals surface area contributed by atoms with Crippen LogP contribution < -0.4 is 4.74 Å². The van der Waals surface area contributed by atoms with Gasteiger partial charge < -0.3 is 14.6 Å². The van der Waals surface area contributed by atoms with Gasteiger partial charge in [-0.2, -0.15) is 0 Å². The molecular weight excluding hydrogens is 276 g/mol. The zero-order valence-corrected chi connectivity index (χ0v) is 13.3. The van der Waals surface area contributed by atoms with E-state index in [0.717, 1.165) is 23.3 Å². The number of hydrogen-bond acceptors (Lipinski definition) is 3. The van der Waals surface area contributed by atoms with E-state index in [4.69, 9.17) is 21.1 Å². The van der Waals surface area contributed by atoms with Gasteiger partial charge in [0.15, 0.2) is 0 Å². The summed E-state index contributed by atoms with van der Waals surface area (Å²) in [6.45, 7) is 6.86. The zero-order valence-electron chi connectivity index (χ0n) is 12.6. The molecular formula is C16H23ClO3. The van der Waals surface area contributed by atoms with Crippen molar-refractivity contribution < 1.29 is 14.6 Å². The highest BCUT2D eigenvalue weighted by atomic mass is 35.5. The molecule has 1 aromatic carbocycles. The lowest BCUT2D eigenvalue weighted by Gasteiger charge is -2.33. The molecule has 20 heavy (non-hydrogen) atoms. The second kappa shape index (κ2) is 5.92. The van der Waals surface area contributed by atoms with Gasteiger partial charge in [-0.3, -0.25) is 0 Å². The lowest BCUT2D eigenvalue weighted by Crippen LogP contribution is -2.40. The van der Waals surface area contributed by atoms with Gasteiger partial charge in [0.2, 0.25) is 0 Å². The van der Waals surface area contributed by atoms with E-state index in [1.165, 1.54) is 0 Å². The minimum absolute atomic E-state index is 0.128. The van der Waals surface area contributed by atoms with Crippen molar-refractivity contribution in [2.75, 3.05) is 13.7 Å². The van der Waals surface area contributed by atoms with E-state index < -0.39 is 6.10 Å². The maximum absolute atomic E-state index is 10.5. The Balaban J connectivity index is 2.22. The molecule has 2 atom stereocenters. The van der Waals surface area contributed by atoms with Crippen LogP contribution in [-0.4, -0.2) is 31.0 Å². The molecule has 0 fully saturated rings. The Morgan fingerprint density at radius 1 is 1.40 bits per heavy atom. The minimum atomic E-state index is -0.591. The predicted octanol–water partition coefficient (Wildman–Crippen LogP) is 3.24. The predicted molar refractivity (Wildman–Crippen MR) is 80.6 cm³/mol. The molecule has 4 heteroatoms. The average Bonchev–Trinajstić information content (AvgIpc) is 2.75. The van der Waals surface area contributed by atoms with Gasteiger partial charge in [-0.05, 0) is 28.7 Å². The third-order valence-electron chi connectivity index (χ3n) is 3.71. The molecule has 0 amide bonds. The first-order chi connectivity index (χ1) is 9.32. The summed E-state index contributed by atoms with van der Waals surface area (Å²) in [5.74, 6) is 0.886. The van der Waals surface area contributed by atoms with Crippen LogP contribution >= 0.6 is 11.6 Å². The van der Waals surface area contributed by atoms with Crippen molar-refractivity contribution in [1.29, 1.82) is 0 Å². The summed E-state index contributed by atoms with van der Waals surface area (Å²) in [7, 11) is 1.64. The lowest BCUT2D eigenvalue weighted by molar-refractivity contribution is -0.0700. The second-order valence-corrected chi connectivity index (χ2v) is 6.88. The summed E-state index contributed by atoms with van der Waals surface area (Å²) in [5.41, 5.74) is 1.96. The Morgan fingerprint density at radius 3 is 2.70 bits per heavy atom. The van der Waals surface area contributed by atoms with E-state index in [2.05, 4.69) is 20.8 Å². The molecule has 1 heterocycles. The van der Waals surface area contributed by atoms with Crippen LogP contribution in [0.2, 0.25) is 5.02 Å². The molecule has 1 aliphatic rings. The highest BCUT2D eigenvalue weighted by Crippen LogP contribution is 2.35. The molecule has 2 unspecified atom stereocenters. The van der Waals surface area contributed by atoms with E-state index in [0.29, 0.717) is 18.1 Å². The maximum Gasteiger partial charge on any atom is 0.126 e. The van der Waals surface area contributed by atoms with Gasteiger partial charge in [0.25, 0.3) is 0 Å². The molecule has 112 valence electrons. The SMILES string of the molecule is COC(C(O)Cc1cc(Cl)cc2c1OCC2)C(C)(C)C. The van der Waals surface area contributed by atoms with Gasteiger partial charge in [-0.1, -0.05) is 32.4 Å². The minimum Gasteiger partial charge on any atom is -0.493 e. The van der Waals surface area contributed by atoms with E-state index >= 15 is 0 Å². The van der Waals surface area contributed by atoms with Crippen LogP contribution in [-0.2, 0) is 17.6 Å². The van der Waals surface area contributed by atoms with Crippen molar-refractivity contribution in [3.05, 3.63) is 28.3 Å². The Hall–Kier alpha value is -0.770. The molecule has 2 rings (SSSR count). The molecule has 1 aromatic rings. The summed E-state index contributed by atoms with van der Waals surface area (Å²) in [6, 6.07) is 3.82. The largest absolute Gasteiger partial charge is 0.493 e. The van der Waals surface area contributed by atoms with Crippen molar-refractivity contribution in [2.45, 2.75) is 45.8 Å². The van der Waals surface area contributed by atoms with Gasteiger partial charge in [0.05, 0.1) is 18.8 Å². The number of fused-ring (bicyclic) bond motifs is 1. The van der Waals surface area contributed by atoms with Gasteiger partial charge in [-0.25, -0.2) is 0 Å². The topological polar surface area (TPSA) is 38.7 Å². The molecule has 0 saturated carbocycles. The third kappa shape index (κ3) is 3.27.